The Labute approximate surface area is 162 Å². The molecule has 0 aromatic heterocycles. The maximum Gasteiger partial charge on any atom is 0.335 e. The summed E-state index contributed by atoms with van der Waals surface area (Å²) >= 11 is 5.50. The van der Waals surface area contributed by atoms with Crippen molar-refractivity contribution in [3.8, 4) is 5.75 Å². The van der Waals surface area contributed by atoms with Crippen LogP contribution in [-0.2, 0) is 24.7 Å². The van der Waals surface area contributed by atoms with Crippen molar-refractivity contribution >= 4 is 23.2 Å². The van der Waals surface area contributed by atoms with Gasteiger partial charge < -0.3 is 15.4 Å². The molecule has 1 saturated heterocycles. The summed E-state index contributed by atoms with van der Waals surface area (Å²) in [6, 6.07) is 14.3. The van der Waals surface area contributed by atoms with Gasteiger partial charge in [-0.25, -0.2) is 0 Å². The van der Waals surface area contributed by atoms with Crippen LogP contribution in [0.15, 0.2) is 42.5 Å². The molecule has 1 fully saturated rings. The minimum Gasteiger partial charge on any atom is -0.489 e. The number of aryl methyl sites for hydroxylation is 1. The molecule has 7 heteroatoms. The maximum atomic E-state index is 8.29. The van der Waals surface area contributed by atoms with E-state index in [1.54, 1.807) is 0 Å². The molecule has 0 bridgehead atoms. The average Bonchev–Trinajstić information content (AvgIpc) is 2.57. The predicted molar refractivity (Wildman–Crippen MR) is 104 cm³/mol. The van der Waals surface area contributed by atoms with E-state index in [2.05, 4.69) is 28.8 Å². The molecule has 26 heavy (non-hydrogen) atoms. The Kier molecular flexibility index (Phi) is 8.77. The van der Waals surface area contributed by atoms with Crippen LogP contribution >= 0.6 is 11.6 Å². The van der Waals surface area contributed by atoms with Crippen molar-refractivity contribution in [3.05, 3.63) is 64.2 Å². The van der Waals surface area contributed by atoms with Gasteiger partial charge in [0.25, 0.3) is 0 Å². The molecule has 0 aliphatic carbocycles. The van der Waals surface area contributed by atoms with E-state index in [1.807, 2.05) is 31.2 Å². The average molecular weight is 395 g/mol. The van der Waals surface area contributed by atoms with Gasteiger partial charge in [0.15, 0.2) is 0 Å². The molecule has 0 saturated carbocycles. The van der Waals surface area contributed by atoms with Crippen LogP contribution in [0.4, 0.5) is 0 Å². The van der Waals surface area contributed by atoms with Crippen LogP contribution in [0.1, 0.15) is 16.7 Å². The summed E-state index contributed by atoms with van der Waals surface area (Å²) in [5.74, 6) is 1.66. The first-order chi connectivity index (χ1) is 12.6. The summed E-state index contributed by atoms with van der Waals surface area (Å²) in [5, 5.41) is 7.55. The Bertz CT molecular complexity index is 747. The summed E-state index contributed by atoms with van der Waals surface area (Å²) in [6.45, 7) is 6.73. The second-order valence-corrected chi connectivity index (χ2v) is 6.80. The van der Waals surface area contributed by atoms with Crippen molar-refractivity contribution in [2.24, 2.45) is 5.92 Å². The largest absolute Gasteiger partial charge is 0.489 e. The van der Waals surface area contributed by atoms with Gasteiger partial charge >= 0.3 is 11.6 Å². The van der Waals surface area contributed by atoms with Crippen molar-refractivity contribution < 1.29 is 13.2 Å². The first-order valence-corrected chi connectivity index (χ1v) is 9.47. The van der Waals surface area contributed by atoms with Crippen LogP contribution < -0.4 is 15.4 Å². The molecular formula is C19H23ClN2O3S. The second kappa shape index (κ2) is 11.1. The van der Waals surface area contributed by atoms with Crippen molar-refractivity contribution in [1.82, 2.24) is 10.6 Å². The second-order valence-electron chi connectivity index (χ2n) is 6.25. The number of nitrogens with one attached hydrogen (secondary N) is 2. The van der Waals surface area contributed by atoms with Gasteiger partial charge in [-0.05, 0) is 42.2 Å². The number of hydrogen-bond acceptors (Lipinski definition) is 5. The van der Waals surface area contributed by atoms with E-state index in [0.29, 0.717) is 6.61 Å². The van der Waals surface area contributed by atoms with E-state index in [9.17, 15) is 0 Å². The van der Waals surface area contributed by atoms with Crippen LogP contribution in [0.3, 0.4) is 0 Å². The first-order valence-electron chi connectivity index (χ1n) is 8.42. The fourth-order valence-corrected chi connectivity index (χ4v) is 2.88. The zero-order valence-electron chi connectivity index (χ0n) is 14.7. The number of rotatable bonds is 7. The van der Waals surface area contributed by atoms with E-state index in [0.717, 1.165) is 54.0 Å². The monoisotopic (exact) mass is 394 g/mol. The molecule has 140 valence electrons. The topological polar surface area (TPSA) is 67.4 Å². The summed E-state index contributed by atoms with van der Waals surface area (Å²) in [4.78, 5) is 0. The van der Waals surface area contributed by atoms with Crippen LogP contribution in [0, 0.1) is 12.8 Å². The highest BCUT2D eigenvalue weighted by Gasteiger charge is 2.15. The SMILES string of the molecule is Cc1ccc(COc2cccc(CNCC3CNC3)c2)c(Cl)c1.O=S=O. The number of halogens is 1. The number of ether oxygens (including phenoxy) is 1. The van der Waals surface area contributed by atoms with Gasteiger partial charge in [-0.2, -0.15) is 8.42 Å². The highest BCUT2D eigenvalue weighted by Crippen LogP contribution is 2.21. The lowest BCUT2D eigenvalue weighted by Gasteiger charge is -2.27. The molecule has 0 atom stereocenters. The molecular weight excluding hydrogens is 372 g/mol. The normalized spacial score (nSPS) is 13.3. The van der Waals surface area contributed by atoms with Gasteiger partial charge in [-0.1, -0.05) is 35.9 Å². The minimum absolute atomic E-state index is 0.490. The summed E-state index contributed by atoms with van der Waals surface area (Å²) in [7, 11) is 0. The molecule has 0 radical (unpaired) electrons. The van der Waals surface area contributed by atoms with Gasteiger partial charge in [0, 0.05) is 36.8 Å². The van der Waals surface area contributed by atoms with Crippen LogP contribution in [-0.4, -0.2) is 28.1 Å². The van der Waals surface area contributed by atoms with Crippen LogP contribution in [0.2, 0.25) is 5.02 Å². The Morgan fingerprint density at radius 3 is 2.65 bits per heavy atom. The quantitative estimate of drug-likeness (QED) is 0.755. The summed E-state index contributed by atoms with van der Waals surface area (Å²) in [6.07, 6.45) is 0. The maximum absolute atomic E-state index is 8.29. The third-order valence-electron chi connectivity index (χ3n) is 4.13. The molecule has 2 aromatic rings. The van der Waals surface area contributed by atoms with Crippen molar-refractivity contribution in [1.29, 1.82) is 0 Å². The Morgan fingerprint density at radius 2 is 2.00 bits per heavy atom. The van der Waals surface area contributed by atoms with Crippen LogP contribution in [0.5, 0.6) is 5.75 Å². The van der Waals surface area contributed by atoms with E-state index < -0.39 is 11.6 Å². The molecule has 1 aliphatic rings. The van der Waals surface area contributed by atoms with E-state index in [-0.39, 0.29) is 0 Å². The first kappa shape index (κ1) is 20.6. The minimum atomic E-state index is -0.750. The zero-order valence-corrected chi connectivity index (χ0v) is 16.2. The molecule has 0 spiro atoms. The molecule has 2 aromatic carbocycles. The van der Waals surface area contributed by atoms with E-state index in [1.165, 1.54) is 5.56 Å². The molecule has 3 rings (SSSR count). The van der Waals surface area contributed by atoms with Gasteiger partial charge in [-0.15, -0.1) is 0 Å². The van der Waals surface area contributed by atoms with Gasteiger partial charge in [-0.3, -0.25) is 0 Å². The van der Waals surface area contributed by atoms with Crippen molar-refractivity contribution in [2.75, 3.05) is 19.6 Å². The van der Waals surface area contributed by atoms with E-state index >= 15 is 0 Å². The fraction of sp³-hybridized carbons (Fsp3) is 0.368. The Balaban J connectivity index is 0.000000758. The highest BCUT2D eigenvalue weighted by atomic mass is 35.5. The molecule has 0 unspecified atom stereocenters. The van der Waals surface area contributed by atoms with Crippen LogP contribution in [0.25, 0.3) is 0 Å². The van der Waals surface area contributed by atoms with Gasteiger partial charge in [0.05, 0.1) is 0 Å². The molecule has 0 amide bonds. The van der Waals surface area contributed by atoms with E-state index in [4.69, 9.17) is 24.8 Å². The Morgan fingerprint density at radius 1 is 1.23 bits per heavy atom. The third kappa shape index (κ3) is 6.88. The fourth-order valence-electron chi connectivity index (χ4n) is 2.59. The lowest BCUT2D eigenvalue weighted by molar-refractivity contribution is 0.305. The Hall–Kier alpha value is -1.73. The lowest BCUT2D eigenvalue weighted by Crippen LogP contribution is -2.47. The lowest BCUT2D eigenvalue weighted by atomic mass is 10.0. The molecule has 5 nitrogen and oxygen atoms in total. The third-order valence-corrected chi connectivity index (χ3v) is 4.48. The molecule has 1 aliphatic heterocycles. The van der Waals surface area contributed by atoms with Gasteiger partial charge in [0.2, 0.25) is 0 Å². The smallest absolute Gasteiger partial charge is 0.335 e. The summed E-state index contributed by atoms with van der Waals surface area (Å²) < 4.78 is 22.5. The van der Waals surface area contributed by atoms with Crippen molar-refractivity contribution in [2.45, 2.75) is 20.1 Å². The predicted octanol–water partition coefficient (Wildman–Crippen LogP) is 2.87. The molecule has 2 N–H and O–H groups in total. The van der Waals surface area contributed by atoms with Gasteiger partial charge in [0.1, 0.15) is 12.4 Å². The summed E-state index contributed by atoms with van der Waals surface area (Å²) in [5.41, 5.74) is 3.41. The zero-order chi connectivity index (χ0) is 18.8. The highest BCUT2D eigenvalue weighted by molar-refractivity contribution is 7.51. The number of benzene rings is 2. The number of hydrogen-bond donors (Lipinski definition) is 2. The standard InChI is InChI=1S/C19H23ClN2O.O2S/c1-14-5-6-17(19(20)7-14)13-23-18-4-2-3-15(8-18)9-21-10-16-11-22-12-16;1-3-2/h2-8,16,21-22H,9-13H2,1H3;. The molecule has 1 heterocycles. The van der Waals surface area contributed by atoms with Crippen molar-refractivity contribution in [3.63, 3.8) is 0 Å².